The van der Waals surface area contributed by atoms with Crippen LogP contribution in [-0.4, -0.2) is 31.6 Å². The molecule has 4 aromatic rings. The standard InChI is InChI=1S/C32H24BF12O4/c34-29(35,36)46-25-9-1-21(2-10-25)17-33(18-22-3-11-26(12-4-22)47-30(37,38)39,19-23-5-13-27(14-6-23)48-31(40,41)42)20-24-7-15-28(16-8-24)49-32(43,44)45/h1-16H,17-20H2/q-1. The summed E-state index contributed by atoms with van der Waals surface area (Å²) in [4.78, 5) is 0. The summed E-state index contributed by atoms with van der Waals surface area (Å²) in [6.07, 6.45) is -21.2. The lowest BCUT2D eigenvalue weighted by Gasteiger charge is -2.41. The molecule has 0 N–H and O–H groups in total. The molecule has 0 radical (unpaired) electrons. The maximum Gasteiger partial charge on any atom is 0.573 e. The third kappa shape index (κ3) is 13.0. The predicted molar refractivity (Wildman–Crippen MR) is 153 cm³/mol. The number of rotatable bonds is 12. The van der Waals surface area contributed by atoms with E-state index in [2.05, 4.69) is 18.9 Å². The number of ether oxygens (including phenoxy) is 4. The Labute approximate surface area is 271 Å². The fourth-order valence-corrected chi connectivity index (χ4v) is 5.74. The Hall–Kier alpha value is -4.70. The summed E-state index contributed by atoms with van der Waals surface area (Å²) >= 11 is 0. The van der Waals surface area contributed by atoms with Gasteiger partial charge in [-0.1, -0.05) is 70.8 Å². The van der Waals surface area contributed by atoms with Crippen LogP contribution in [0.3, 0.4) is 0 Å². The maximum atomic E-state index is 12.8. The predicted octanol–water partition coefficient (Wildman–Crippen LogP) is 10.2. The third-order valence-corrected chi connectivity index (χ3v) is 7.30. The number of halogens is 12. The van der Waals surface area contributed by atoms with E-state index in [4.69, 9.17) is 0 Å². The summed E-state index contributed by atoms with van der Waals surface area (Å²) in [5.74, 6) is -2.02. The Morgan fingerprint density at radius 2 is 0.469 bits per heavy atom. The maximum absolute atomic E-state index is 12.8. The van der Waals surface area contributed by atoms with E-state index in [1.807, 2.05) is 0 Å². The van der Waals surface area contributed by atoms with Crippen molar-refractivity contribution in [1.29, 1.82) is 0 Å². The molecule has 0 spiro atoms. The molecule has 0 bridgehead atoms. The van der Waals surface area contributed by atoms with E-state index in [1.54, 1.807) is 0 Å². The van der Waals surface area contributed by atoms with Gasteiger partial charge in [0.1, 0.15) is 23.0 Å². The summed E-state index contributed by atoms with van der Waals surface area (Å²) in [5, 5.41) is 0. The van der Waals surface area contributed by atoms with Gasteiger partial charge in [0.2, 0.25) is 0 Å². The molecule has 0 heterocycles. The molecule has 4 aromatic carbocycles. The molecule has 0 saturated carbocycles. The number of alkyl halides is 12. The molecule has 4 nitrogen and oxygen atoms in total. The van der Waals surface area contributed by atoms with Crippen molar-refractivity contribution in [2.75, 3.05) is 0 Å². The highest BCUT2D eigenvalue weighted by molar-refractivity contribution is 6.77. The molecule has 0 atom stereocenters. The monoisotopic (exact) mass is 711 g/mol. The first kappa shape index (κ1) is 37.1. The Bertz CT molecular complexity index is 1380. The highest BCUT2D eigenvalue weighted by Gasteiger charge is 2.34. The second-order valence-corrected chi connectivity index (χ2v) is 11.3. The SMILES string of the molecule is FC(F)(F)Oc1ccc(C[B-](Cc2ccc(OC(F)(F)F)cc2)(Cc2ccc(OC(F)(F)F)cc2)Cc2ccc(OC(F)(F)F)cc2)cc1. The second kappa shape index (κ2) is 14.4. The van der Waals surface area contributed by atoms with Crippen molar-refractivity contribution in [3.63, 3.8) is 0 Å². The molecular formula is C32H24BF12O4-. The quantitative estimate of drug-likeness (QED) is 0.108. The molecule has 0 saturated heterocycles. The first-order valence-corrected chi connectivity index (χ1v) is 14.2. The van der Waals surface area contributed by atoms with Crippen molar-refractivity contribution < 1.29 is 71.6 Å². The molecule has 0 fully saturated rings. The van der Waals surface area contributed by atoms with Gasteiger partial charge in [-0.2, -0.15) is 25.3 Å². The van der Waals surface area contributed by atoms with Crippen LogP contribution in [0.1, 0.15) is 22.3 Å². The average Bonchev–Trinajstić information content (AvgIpc) is 2.94. The van der Waals surface area contributed by atoms with Crippen LogP contribution in [0, 0.1) is 0 Å². The van der Waals surface area contributed by atoms with Gasteiger partial charge in [-0.05, 0) is 48.5 Å². The molecule has 0 aliphatic carbocycles. The van der Waals surface area contributed by atoms with E-state index in [0.29, 0.717) is 22.3 Å². The van der Waals surface area contributed by atoms with Crippen molar-refractivity contribution in [3.8, 4) is 23.0 Å². The van der Waals surface area contributed by atoms with Crippen LogP contribution in [0.5, 0.6) is 23.0 Å². The molecule has 0 aromatic heterocycles. The molecule has 4 rings (SSSR count). The highest BCUT2D eigenvalue weighted by Crippen LogP contribution is 2.32. The minimum atomic E-state index is -4.96. The largest absolute Gasteiger partial charge is 0.573 e. The van der Waals surface area contributed by atoms with Crippen LogP contribution < -0.4 is 18.9 Å². The third-order valence-electron chi connectivity index (χ3n) is 7.30. The van der Waals surface area contributed by atoms with E-state index in [0.717, 1.165) is 48.5 Å². The summed E-state index contributed by atoms with van der Waals surface area (Å²) in [6.45, 7) is 0. The summed E-state index contributed by atoms with van der Waals surface area (Å²) in [5.41, 5.74) is 2.00. The van der Waals surface area contributed by atoms with Crippen LogP contribution >= 0.6 is 0 Å². The van der Waals surface area contributed by atoms with Crippen molar-refractivity contribution in [2.24, 2.45) is 0 Å². The molecule has 17 heteroatoms. The number of hydrogen-bond donors (Lipinski definition) is 0. The van der Waals surface area contributed by atoms with E-state index >= 15 is 0 Å². The van der Waals surface area contributed by atoms with E-state index in [1.165, 1.54) is 48.5 Å². The van der Waals surface area contributed by atoms with Crippen molar-refractivity contribution in [2.45, 2.75) is 50.7 Å². The van der Waals surface area contributed by atoms with Crippen LogP contribution in [0.25, 0.3) is 0 Å². The molecule has 0 aliphatic heterocycles. The second-order valence-electron chi connectivity index (χ2n) is 11.3. The first-order chi connectivity index (χ1) is 22.6. The van der Waals surface area contributed by atoms with Crippen LogP contribution in [0.15, 0.2) is 97.1 Å². The van der Waals surface area contributed by atoms with E-state index in [9.17, 15) is 52.7 Å². The van der Waals surface area contributed by atoms with Gasteiger partial charge in [-0.15, -0.1) is 52.7 Å². The van der Waals surface area contributed by atoms with Crippen LogP contribution in [0.4, 0.5) is 52.7 Å². The van der Waals surface area contributed by atoms with Gasteiger partial charge in [0, 0.05) is 6.15 Å². The van der Waals surface area contributed by atoms with Gasteiger partial charge >= 0.3 is 25.4 Å². The van der Waals surface area contributed by atoms with Gasteiger partial charge in [-0.3, -0.25) is 0 Å². The minimum Gasteiger partial charge on any atom is -0.406 e. The number of hydrogen-bond acceptors (Lipinski definition) is 4. The van der Waals surface area contributed by atoms with Gasteiger partial charge in [-0.25, -0.2) is 0 Å². The summed E-state index contributed by atoms with van der Waals surface area (Å²) in [6, 6.07) is 19.6. The zero-order valence-electron chi connectivity index (χ0n) is 24.8. The Balaban J connectivity index is 1.76. The number of benzene rings is 4. The lowest BCUT2D eigenvalue weighted by Crippen LogP contribution is -2.46. The molecule has 0 aliphatic rings. The molecule has 264 valence electrons. The van der Waals surface area contributed by atoms with Gasteiger partial charge in [0.05, 0.1) is 0 Å². The van der Waals surface area contributed by atoms with Crippen molar-refractivity contribution in [1.82, 2.24) is 0 Å². The zero-order valence-corrected chi connectivity index (χ0v) is 24.8. The Morgan fingerprint density at radius 3 is 0.612 bits per heavy atom. The summed E-state index contributed by atoms with van der Waals surface area (Å²) < 4.78 is 169. The molecular weight excluding hydrogens is 687 g/mol. The van der Waals surface area contributed by atoms with E-state index in [-0.39, 0.29) is 25.3 Å². The van der Waals surface area contributed by atoms with Gasteiger partial charge in [0.25, 0.3) is 0 Å². The minimum absolute atomic E-state index is 0.134. The lowest BCUT2D eigenvalue weighted by atomic mass is 9.16. The normalized spacial score (nSPS) is 12.8. The Morgan fingerprint density at radius 1 is 0.306 bits per heavy atom. The van der Waals surface area contributed by atoms with Crippen LogP contribution in [-0.2, 0) is 25.3 Å². The van der Waals surface area contributed by atoms with Crippen LogP contribution in [0.2, 0.25) is 0 Å². The fourth-order valence-electron chi connectivity index (χ4n) is 5.74. The fraction of sp³-hybridized carbons (Fsp3) is 0.250. The zero-order chi connectivity index (χ0) is 36.1. The smallest absolute Gasteiger partial charge is 0.406 e. The average molecular weight is 711 g/mol. The molecule has 0 amide bonds. The lowest BCUT2D eigenvalue weighted by molar-refractivity contribution is -0.275. The van der Waals surface area contributed by atoms with E-state index < -0.39 is 54.6 Å². The highest BCUT2D eigenvalue weighted by atomic mass is 19.4. The van der Waals surface area contributed by atoms with Crippen molar-refractivity contribution >= 4 is 6.15 Å². The van der Waals surface area contributed by atoms with Crippen molar-refractivity contribution in [3.05, 3.63) is 119 Å². The Kier molecular flexibility index (Phi) is 10.9. The van der Waals surface area contributed by atoms with Gasteiger partial charge < -0.3 is 18.9 Å². The topological polar surface area (TPSA) is 36.9 Å². The molecule has 0 unspecified atom stereocenters. The molecule has 49 heavy (non-hydrogen) atoms. The first-order valence-electron chi connectivity index (χ1n) is 14.2. The van der Waals surface area contributed by atoms with Gasteiger partial charge in [0.15, 0.2) is 0 Å². The summed E-state index contributed by atoms with van der Waals surface area (Å²) in [7, 11) is 0.